The van der Waals surface area contributed by atoms with E-state index in [0.717, 1.165) is 5.56 Å². The number of nitrogens with zero attached hydrogens (tertiary/aromatic N) is 1. The molecule has 0 radical (unpaired) electrons. The number of aliphatic hydroxyl groups excluding tert-OH is 1. The molecule has 0 bridgehead atoms. The normalized spacial score (nSPS) is 14.4. The van der Waals surface area contributed by atoms with E-state index in [9.17, 15) is 24.3 Å². The van der Waals surface area contributed by atoms with Crippen LogP contribution in [0.25, 0.3) is 0 Å². The largest absolute Gasteiger partial charge is 0.480 e. The molecule has 0 saturated carbocycles. The molecule has 2 rings (SSSR count). The van der Waals surface area contributed by atoms with Crippen molar-refractivity contribution >= 4 is 23.7 Å². The van der Waals surface area contributed by atoms with Crippen LogP contribution in [0.4, 0.5) is 0 Å². The van der Waals surface area contributed by atoms with E-state index in [1.807, 2.05) is 30.3 Å². The van der Waals surface area contributed by atoms with Crippen molar-refractivity contribution in [2.24, 2.45) is 5.73 Å². The summed E-state index contributed by atoms with van der Waals surface area (Å²) in [4.78, 5) is 55.2. The summed E-state index contributed by atoms with van der Waals surface area (Å²) < 4.78 is 0. The van der Waals surface area contributed by atoms with Crippen LogP contribution in [0, 0.1) is 0 Å². The lowest BCUT2D eigenvalue weighted by molar-refractivity contribution is -0.139. The monoisotopic (exact) mass is 460 g/mol. The van der Waals surface area contributed by atoms with Gasteiger partial charge in [0.1, 0.15) is 18.6 Å². The number of aliphatic carboxylic acids is 1. The number of amides is 3. The maximum Gasteiger partial charge on any atom is 0.322 e. The molecule has 33 heavy (non-hydrogen) atoms. The molecular formula is C21H28N6O6. The molecule has 12 nitrogen and oxygen atoms in total. The van der Waals surface area contributed by atoms with E-state index < -0.39 is 54.5 Å². The minimum atomic E-state index is -1.43. The highest BCUT2D eigenvalue weighted by atomic mass is 16.4. The van der Waals surface area contributed by atoms with Crippen LogP contribution < -0.4 is 21.7 Å². The van der Waals surface area contributed by atoms with Gasteiger partial charge in [0.25, 0.3) is 0 Å². The Kier molecular flexibility index (Phi) is 9.51. The van der Waals surface area contributed by atoms with Gasteiger partial charge in [0.15, 0.2) is 0 Å². The Morgan fingerprint density at radius 1 is 1.06 bits per heavy atom. The second-order valence-corrected chi connectivity index (χ2v) is 7.48. The fourth-order valence-electron chi connectivity index (χ4n) is 3.00. The molecule has 4 unspecified atom stereocenters. The first-order chi connectivity index (χ1) is 15.7. The van der Waals surface area contributed by atoms with Crippen molar-refractivity contribution in [3.63, 3.8) is 0 Å². The van der Waals surface area contributed by atoms with E-state index >= 15 is 0 Å². The minimum Gasteiger partial charge on any atom is -0.480 e. The number of imidazole rings is 1. The number of benzene rings is 1. The zero-order valence-electron chi connectivity index (χ0n) is 18.0. The molecule has 8 N–H and O–H groups in total. The average molecular weight is 460 g/mol. The van der Waals surface area contributed by atoms with Crippen LogP contribution in [0.3, 0.4) is 0 Å². The molecular weight excluding hydrogens is 432 g/mol. The number of carboxylic acid groups (broad SMARTS) is 1. The van der Waals surface area contributed by atoms with Gasteiger partial charge in [0.05, 0.1) is 18.5 Å². The summed E-state index contributed by atoms with van der Waals surface area (Å²) in [6.07, 6.45) is 1.82. The maximum absolute atomic E-state index is 12.9. The third-order valence-corrected chi connectivity index (χ3v) is 4.72. The molecule has 12 heteroatoms. The van der Waals surface area contributed by atoms with Crippen molar-refractivity contribution in [1.29, 1.82) is 0 Å². The summed E-state index contributed by atoms with van der Waals surface area (Å²) in [5, 5.41) is 25.7. The van der Waals surface area contributed by atoms with Gasteiger partial charge in [-0.25, -0.2) is 4.98 Å². The quantitative estimate of drug-likeness (QED) is 0.190. The summed E-state index contributed by atoms with van der Waals surface area (Å²) in [6, 6.07) is 5.61. The third-order valence-electron chi connectivity index (χ3n) is 4.72. The number of carbonyl (C=O) groups is 4. The standard InChI is InChI=1S/C21H28N6O6/c1-12(28)18(21(33)24-10-17(29)30)27-20(32)16(8-14-9-23-11-25-14)26-19(31)15(22)7-13-5-3-2-4-6-13/h2-6,9,11-12,15-16,18,28H,7-8,10,22H2,1H3,(H,23,25)(H,24,33)(H,26,31)(H,27,32)(H,29,30). The average Bonchev–Trinajstić information content (AvgIpc) is 3.28. The van der Waals surface area contributed by atoms with E-state index in [1.165, 1.54) is 19.4 Å². The molecule has 4 atom stereocenters. The van der Waals surface area contributed by atoms with Gasteiger partial charge >= 0.3 is 5.97 Å². The second kappa shape index (κ2) is 12.3. The number of carbonyl (C=O) groups excluding carboxylic acids is 3. The van der Waals surface area contributed by atoms with Crippen molar-refractivity contribution in [3.8, 4) is 0 Å². The molecule has 178 valence electrons. The van der Waals surface area contributed by atoms with Crippen LogP contribution in [-0.4, -0.2) is 74.6 Å². The number of aromatic amines is 1. The predicted molar refractivity (Wildman–Crippen MR) is 117 cm³/mol. The molecule has 3 amide bonds. The number of nitrogens with two attached hydrogens (primary N) is 1. The Balaban J connectivity index is 2.10. The molecule has 0 saturated heterocycles. The molecule has 1 aromatic heterocycles. The van der Waals surface area contributed by atoms with Crippen LogP contribution in [-0.2, 0) is 32.0 Å². The fourth-order valence-corrected chi connectivity index (χ4v) is 3.00. The molecule has 0 aliphatic heterocycles. The summed E-state index contributed by atoms with van der Waals surface area (Å²) in [7, 11) is 0. The third kappa shape index (κ3) is 8.35. The molecule has 1 aromatic carbocycles. The van der Waals surface area contributed by atoms with Gasteiger partial charge in [-0.1, -0.05) is 30.3 Å². The number of aromatic nitrogens is 2. The first kappa shape index (κ1) is 25.5. The highest BCUT2D eigenvalue weighted by Gasteiger charge is 2.31. The van der Waals surface area contributed by atoms with E-state index in [1.54, 1.807) is 0 Å². The molecule has 0 aliphatic carbocycles. The highest BCUT2D eigenvalue weighted by Crippen LogP contribution is 2.05. The molecule has 0 fully saturated rings. The van der Waals surface area contributed by atoms with Gasteiger partial charge in [0, 0.05) is 18.3 Å². The molecule has 0 spiro atoms. The van der Waals surface area contributed by atoms with Crippen molar-refractivity contribution < 1.29 is 29.4 Å². The lowest BCUT2D eigenvalue weighted by atomic mass is 10.0. The van der Waals surface area contributed by atoms with Gasteiger partial charge < -0.3 is 36.9 Å². The lowest BCUT2D eigenvalue weighted by Crippen LogP contribution is -2.59. The Hall–Kier alpha value is -3.77. The fraction of sp³-hybridized carbons (Fsp3) is 0.381. The zero-order valence-corrected chi connectivity index (χ0v) is 18.0. The van der Waals surface area contributed by atoms with Crippen LogP contribution >= 0.6 is 0 Å². The van der Waals surface area contributed by atoms with Gasteiger partial charge in [-0.05, 0) is 18.9 Å². The van der Waals surface area contributed by atoms with Crippen LogP contribution in [0.15, 0.2) is 42.9 Å². The van der Waals surface area contributed by atoms with Crippen LogP contribution in [0.5, 0.6) is 0 Å². The first-order valence-corrected chi connectivity index (χ1v) is 10.2. The number of hydrogen-bond donors (Lipinski definition) is 7. The van der Waals surface area contributed by atoms with E-state index in [4.69, 9.17) is 10.8 Å². The predicted octanol–water partition coefficient (Wildman–Crippen LogP) is -1.93. The Morgan fingerprint density at radius 3 is 2.33 bits per heavy atom. The van der Waals surface area contributed by atoms with Gasteiger partial charge in [-0.2, -0.15) is 0 Å². The lowest BCUT2D eigenvalue weighted by Gasteiger charge is -2.25. The Labute approximate surface area is 190 Å². The maximum atomic E-state index is 12.9. The number of hydrogen-bond acceptors (Lipinski definition) is 7. The number of rotatable bonds is 12. The summed E-state index contributed by atoms with van der Waals surface area (Å²) in [5.74, 6) is -3.51. The summed E-state index contributed by atoms with van der Waals surface area (Å²) >= 11 is 0. The Morgan fingerprint density at radius 2 is 1.76 bits per heavy atom. The van der Waals surface area contributed by atoms with Gasteiger partial charge in [-0.3, -0.25) is 19.2 Å². The summed E-state index contributed by atoms with van der Waals surface area (Å²) in [5.41, 5.74) is 7.40. The molecule has 0 aliphatic rings. The van der Waals surface area contributed by atoms with Gasteiger partial charge in [-0.15, -0.1) is 0 Å². The molecule has 1 heterocycles. The van der Waals surface area contributed by atoms with Crippen LogP contribution in [0.2, 0.25) is 0 Å². The Bertz CT molecular complexity index is 934. The van der Waals surface area contributed by atoms with Crippen molar-refractivity contribution in [2.45, 2.75) is 44.0 Å². The van der Waals surface area contributed by atoms with Crippen molar-refractivity contribution in [1.82, 2.24) is 25.9 Å². The minimum absolute atomic E-state index is 0.0128. The molecule has 2 aromatic rings. The second-order valence-electron chi connectivity index (χ2n) is 7.48. The van der Waals surface area contributed by atoms with Crippen molar-refractivity contribution in [2.75, 3.05) is 6.54 Å². The van der Waals surface area contributed by atoms with E-state index in [2.05, 4.69) is 25.9 Å². The first-order valence-electron chi connectivity index (χ1n) is 10.2. The number of carboxylic acids is 1. The number of nitrogens with one attached hydrogen (secondary N) is 4. The van der Waals surface area contributed by atoms with Crippen molar-refractivity contribution in [3.05, 3.63) is 54.1 Å². The van der Waals surface area contributed by atoms with E-state index in [0.29, 0.717) is 5.69 Å². The van der Waals surface area contributed by atoms with E-state index in [-0.39, 0.29) is 12.8 Å². The zero-order chi connectivity index (χ0) is 24.4. The topological polar surface area (TPSA) is 200 Å². The number of aliphatic hydroxyl groups is 1. The summed E-state index contributed by atoms with van der Waals surface area (Å²) in [6.45, 7) is 0.587. The van der Waals surface area contributed by atoms with Crippen LogP contribution in [0.1, 0.15) is 18.2 Å². The SMILES string of the molecule is CC(O)C(NC(=O)C(Cc1cnc[nH]1)NC(=O)C(N)Cc1ccccc1)C(=O)NCC(=O)O. The highest BCUT2D eigenvalue weighted by molar-refractivity contribution is 5.94. The number of H-pyrrole nitrogens is 1. The smallest absolute Gasteiger partial charge is 0.322 e. The van der Waals surface area contributed by atoms with Gasteiger partial charge in [0.2, 0.25) is 17.7 Å².